The fraction of sp³-hybridized carbons (Fsp3) is 0.438. The first-order chi connectivity index (χ1) is 21.7. The average Bonchev–Trinajstić information content (AvgIpc) is 3.65. The Morgan fingerprint density at radius 2 is 2.07 bits per heavy atom. The van der Waals surface area contributed by atoms with Crippen LogP contribution < -0.4 is 20.5 Å². The summed E-state index contributed by atoms with van der Waals surface area (Å²) in [6.45, 7) is 0.924. The van der Waals surface area contributed by atoms with Gasteiger partial charge in [0.25, 0.3) is 5.56 Å². The lowest BCUT2D eigenvalue weighted by molar-refractivity contribution is 0.108. The normalized spacial score (nSPS) is 23.8. The van der Waals surface area contributed by atoms with Gasteiger partial charge in [-0.05, 0) is 69.1 Å². The monoisotopic (exact) mass is 583 g/mol. The van der Waals surface area contributed by atoms with E-state index in [9.17, 15) is 14.3 Å². The average molecular weight is 584 g/mol. The molecule has 43 heavy (non-hydrogen) atoms. The lowest BCUT2D eigenvalue weighted by atomic mass is 9.93. The summed E-state index contributed by atoms with van der Waals surface area (Å²) in [4.78, 5) is 27.9. The van der Waals surface area contributed by atoms with Crippen molar-refractivity contribution in [1.82, 2.24) is 30.0 Å². The Balaban J connectivity index is 1.33. The summed E-state index contributed by atoms with van der Waals surface area (Å²) >= 11 is 0. The molecule has 5 aliphatic rings. The first-order valence-corrected chi connectivity index (χ1v) is 14.9. The third-order valence-corrected chi connectivity index (χ3v) is 9.60. The predicted molar refractivity (Wildman–Crippen MR) is 160 cm³/mol. The van der Waals surface area contributed by atoms with E-state index in [4.69, 9.17) is 18.9 Å². The molecule has 0 radical (unpaired) electrons. The zero-order chi connectivity index (χ0) is 31.1. The Bertz CT molecular complexity index is 1960. The predicted octanol–water partition coefficient (Wildman–Crippen LogP) is 3.10. The van der Waals surface area contributed by atoms with Gasteiger partial charge in [0.1, 0.15) is 29.5 Å². The molecule has 7 heterocycles. The van der Waals surface area contributed by atoms with Crippen LogP contribution in [0.25, 0.3) is 27.4 Å². The summed E-state index contributed by atoms with van der Waals surface area (Å²) in [5.74, 6) is 2.03. The van der Waals surface area contributed by atoms with Crippen molar-refractivity contribution in [2.75, 3.05) is 37.6 Å². The van der Waals surface area contributed by atoms with Gasteiger partial charge in [-0.1, -0.05) is 12.0 Å². The quantitative estimate of drug-likeness (QED) is 0.343. The van der Waals surface area contributed by atoms with Crippen LogP contribution in [0.1, 0.15) is 46.8 Å². The van der Waals surface area contributed by atoms with E-state index < -0.39 is 23.5 Å². The van der Waals surface area contributed by atoms with Crippen molar-refractivity contribution in [3.05, 3.63) is 52.2 Å². The van der Waals surface area contributed by atoms with Crippen LogP contribution in [0.3, 0.4) is 0 Å². The molecule has 0 amide bonds. The summed E-state index contributed by atoms with van der Waals surface area (Å²) in [5, 5.41) is 19.6. The Morgan fingerprint density at radius 1 is 1.23 bits per heavy atom. The first-order valence-electron chi connectivity index (χ1n) is 15.9. The molecule has 220 valence electrons. The number of terminal acetylenes is 1. The molecule has 2 bridgehead atoms. The van der Waals surface area contributed by atoms with Crippen LogP contribution in [0.5, 0.6) is 11.8 Å². The van der Waals surface area contributed by atoms with Gasteiger partial charge in [0.05, 0.1) is 31.1 Å². The standard InChI is InChI=1S/C32H32FN7O3/c1-2-23-25(33)8-5-19-13-22(41)14-26(27(19)23)40-30(42)28-24(16-35-40)29(39-17-20-6-7-21(39)15-34-20)37-31(36-28)43-18-32-9-3-11-38(32)12-4-10-32/h1,5,8,13-14,16,20-21,34,41H,3-4,6-7,9-12,15,17-18H2/i18D2. The molecule has 0 saturated carbocycles. The minimum Gasteiger partial charge on any atom is -0.508 e. The molecule has 2 atom stereocenters. The molecule has 2 unspecified atom stereocenters. The van der Waals surface area contributed by atoms with E-state index in [0.717, 1.165) is 50.0 Å². The number of halogens is 1. The second-order valence-corrected chi connectivity index (χ2v) is 12.0. The number of phenols is 1. The number of aromatic nitrogens is 4. The minimum absolute atomic E-state index is 0.0300. The van der Waals surface area contributed by atoms with Crippen LogP contribution in [-0.4, -0.2) is 80.1 Å². The van der Waals surface area contributed by atoms with E-state index in [1.165, 1.54) is 30.5 Å². The number of piperazine rings is 1. The molecule has 11 heteroatoms. The van der Waals surface area contributed by atoms with E-state index in [1.54, 1.807) is 0 Å². The van der Waals surface area contributed by atoms with E-state index in [2.05, 4.69) is 31.1 Å². The molecule has 0 aliphatic carbocycles. The number of anilines is 1. The van der Waals surface area contributed by atoms with Gasteiger partial charge in [-0.3, -0.25) is 9.69 Å². The highest BCUT2D eigenvalue weighted by Gasteiger charge is 2.45. The Kier molecular flexibility index (Phi) is 5.57. The van der Waals surface area contributed by atoms with Gasteiger partial charge in [-0.2, -0.15) is 19.7 Å². The molecule has 5 fully saturated rings. The van der Waals surface area contributed by atoms with Gasteiger partial charge in [0.15, 0.2) is 0 Å². The molecular formula is C32H32FN7O3. The molecular weight excluding hydrogens is 549 g/mol. The van der Waals surface area contributed by atoms with E-state index in [1.807, 2.05) is 0 Å². The summed E-state index contributed by atoms with van der Waals surface area (Å²) in [7, 11) is 0. The zero-order valence-corrected chi connectivity index (χ0v) is 23.5. The molecule has 9 rings (SSSR count). The maximum absolute atomic E-state index is 14.8. The zero-order valence-electron chi connectivity index (χ0n) is 25.5. The number of nitrogens with one attached hydrogen (secondary N) is 1. The fourth-order valence-corrected chi connectivity index (χ4v) is 7.52. The lowest BCUT2D eigenvalue weighted by Crippen LogP contribution is -2.61. The van der Waals surface area contributed by atoms with Crippen molar-refractivity contribution < 1.29 is 17.0 Å². The van der Waals surface area contributed by atoms with Gasteiger partial charge in [-0.15, -0.1) is 6.42 Å². The molecule has 2 aromatic heterocycles. The molecule has 5 saturated heterocycles. The first kappa shape index (κ1) is 24.2. The molecule has 0 spiro atoms. The van der Waals surface area contributed by atoms with E-state index >= 15 is 0 Å². The van der Waals surface area contributed by atoms with Crippen molar-refractivity contribution in [2.24, 2.45) is 0 Å². The number of aromatic hydroxyl groups is 1. The highest BCUT2D eigenvalue weighted by Crippen LogP contribution is 2.39. The highest BCUT2D eigenvalue weighted by atomic mass is 19.1. The van der Waals surface area contributed by atoms with Gasteiger partial charge >= 0.3 is 6.01 Å². The van der Waals surface area contributed by atoms with E-state index in [-0.39, 0.29) is 46.0 Å². The van der Waals surface area contributed by atoms with Crippen LogP contribution in [0.15, 0.2) is 35.3 Å². The van der Waals surface area contributed by atoms with Gasteiger partial charge in [0, 0.05) is 36.6 Å². The summed E-state index contributed by atoms with van der Waals surface area (Å²) in [5.41, 5.74) is -1.45. The molecule has 10 nitrogen and oxygen atoms in total. The van der Waals surface area contributed by atoms with Crippen molar-refractivity contribution in [2.45, 2.75) is 56.1 Å². The summed E-state index contributed by atoms with van der Waals surface area (Å²) < 4.78 is 40.2. The topological polar surface area (TPSA) is 109 Å². The molecule has 2 N–H and O–H groups in total. The number of benzene rings is 2. The smallest absolute Gasteiger partial charge is 0.319 e. The number of nitrogens with zero attached hydrogens (tertiary/aromatic N) is 6. The fourth-order valence-electron chi connectivity index (χ4n) is 7.52. The number of phenolic OH excluding ortho intramolecular Hbond substituents is 1. The van der Waals surface area contributed by atoms with Crippen LogP contribution in [0, 0.1) is 18.2 Å². The number of ether oxygens (including phenoxy) is 1. The van der Waals surface area contributed by atoms with E-state index in [0.29, 0.717) is 36.0 Å². The maximum Gasteiger partial charge on any atom is 0.319 e. The van der Waals surface area contributed by atoms with Gasteiger partial charge < -0.3 is 20.1 Å². The Hall–Kier alpha value is -4.27. The van der Waals surface area contributed by atoms with Crippen LogP contribution in [0.2, 0.25) is 0 Å². The van der Waals surface area contributed by atoms with Gasteiger partial charge in [0.2, 0.25) is 0 Å². The lowest BCUT2D eigenvalue weighted by Gasteiger charge is -2.46. The van der Waals surface area contributed by atoms with Crippen LogP contribution in [-0.2, 0) is 0 Å². The number of hydrogen-bond donors (Lipinski definition) is 2. The van der Waals surface area contributed by atoms with Crippen LogP contribution >= 0.6 is 0 Å². The number of rotatable bonds is 5. The molecule has 5 aliphatic heterocycles. The largest absolute Gasteiger partial charge is 0.508 e. The molecule has 2 aromatic carbocycles. The maximum atomic E-state index is 14.8. The Labute approximate surface area is 250 Å². The van der Waals surface area contributed by atoms with Crippen LogP contribution in [0.4, 0.5) is 10.2 Å². The SMILES string of the molecule is [2H]C([2H])(Oc1nc(N2CC3CCC2CN3)c2cnn(-c3cc(O)cc4ccc(F)c(C#C)c34)c(=O)c2n1)C12CCCN1CCC2. The third kappa shape index (κ3) is 4.15. The van der Waals surface area contributed by atoms with Crippen molar-refractivity contribution >= 4 is 27.5 Å². The number of piperidine rings is 2. The number of hydrogen-bond acceptors (Lipinski definition) is 9. The second kappa shape index (κ2) is 9.89. The minimum atomic E-state index is -2.11. The van der Waals surface area contributed by atoms with Crippen molar-refractivity contribution in [3.63, 3.8) is 0 Å². The molecule has 4 aromatic rings. The number of fused-ring (bicyclic) bond motifs is 6. The second-order valence-electron chi connectivity index (χ2n) is 12.0. The summed E-state index contributed by atoms with van der Waals surface area (Å²) in [6, 6.07) is 5.59. The summed E-state index contributed by atoms with van der Waals surface area (Å²) in [6.07, 6.45) is 12.2. The highest BCUT2D eigenvalue weighted by molar-refractivity contribution is 5.97. The van der Waals surface area contributed by atoms with Crippen molar-refractivity contribution in [3.8, 4) is 29.8 Å². The van der Waals surface area contributed by atoms with Crippen molar-refractivity contribution in [1.29, 1.82) is 0 Å². The Morgan fingerprint density at radius 3 is 2.79 bits per heavy atom. The third-order valence-electron chi connectivity index (χ3n) is 9.60. The van der Waals surface area contributed by atoms with Gasteiger partial charge in [-0.25, -0.2) is 4.39 Å².